The van der Waals surface area contributed by atoms with Crippen molar-refractivity contribution in [2.24, 2.45) is 0 Å². The predicted molar refractivity (Wildman–Crippen MR) is 133 cm³/mol. The molecule has 0 N–H and O–H groups in total. The van der Waals surface area contributed by atoms with Crippen LogP contribution < -0.4 is 4.74 Å². The Morgan fingerprint density at radius 2 is 1.79 bits per heavy atom. The van der Waals surface area contributed by atoms with Crippen LogP contribution in [0.4, 0.5) is 0 Å². The van der Waals surface area contributed by atoms with Crippen LogP contribution in [0.5, 0.6) is 5.75 Å². The van der Waals surface area contributed by atoms with Crippen LogP contribution in [-0.2, 0) is 17.6 Å². The van der Waals surface area contributed by atoms with Gasteiger partial charge < -0.3 is 14.1 Å². The van der Waals surface area contributed by atoms with Crippen LogP contribution in [0.15, 0.2) is 16.6 Å². The van der Waals surface area contributed by atoms with Crippen molar-refractivity contribution in [3.05, 3.63) is 34.6 Å². The Labute approximate surface area is 197 Å². The number of rotatable bonds is 4. The van der Waals surface area contributed by atoms with E-state index in [0.717, 1.165) is 78.9 Å². The monoisotopic (exact) mass is 450 g/mol. The normalized spacial score (nSPS) is 20.8. The highest BCUT2D eigenvalue weighted by Crippen LogP contribution is 2.41. The quantitative estimate of drug-likeness (QED) is 0.576. The molecule has 2 heterocycles. The van der Waals surface area contributed by atoms with Crippen molar-refractivity contribution in [2.45, 2.75) is 77.7 Å². The van der Waals surface area contributed by atoms with Gasteiger partial charge in [-0.05, 0) is 57.6 Å². The Morgan fingerprint density at radius 3 is 2.52 bits per heavy atom. The summed E-state index contributed by atoms with van der Waals surface area (Å²) in [6.45, 7) is 7.75. The lowest BCUT2D eigenvalue weighted by molar-refractivity contribution is -0.128. The maximum Gasteiger partial charge on any atom is 0.246 e. The van der Waals surface area contributed by atoms with Crippen LogP contribution in [0.2, 0.25) is 0 Å². The van der Waals surface area contributed by atoms with E-state index in [9.17, 15) is 4.79 Å². The smallest absolute Gasteiger partial charge is 0.246 e. The van der Waals surface area contributed by atoms with Crippen LogP contribution in [0, 0.1) is 6.92 Å². The first-order chi connectivity index (χ1) is 16.1. The van der Waals surface area contributed by atoms with Gasteiger partial charge in [-0.2, -0.15) is 0 Å². The molecule has 5 heteroatoms. The van der Waals surface area contributed by atoms with Crippen LogP contribution in [0.1, 0.15) is 74.3 Å². The summed E-state index contributed by atoms with van der Waals surface area (Å²) in [7, 11) is 1.71. The molecule has 0 atom stereocenters. The molecule has 0 spiro atoms. The van der Waals surface area contributed by atoms with Gasteiger partial charge in [0.1, 0.15) is 17.1 Å². The fourth-order valence-electron chi connectivity index (χ4n) is 6.20. The van der Waals surface area contributed by atoms with Crippen molar-refractivity contribution < 1.29 is 13.9 Å². The number of ether oxygens (including phenoxy) is 1. The van der Waals surface area contributed by atoms with Crippen molar-refractivity contribution in [1.82, 2.24) is 9.80 Å². The number of aryl methyl sites for hydroxylation is 3. The number of methoxy groups -OCH3 is 1. The van der Waals surface area contributed by atoms with E-state index < -0.39 is 0 Å². The SMILES string of the molecule is COc1c(/C(C)=C/C(=O)N2CCN(C3CCCCC3)CC2)cc2c3c(oc2c1C)CCCC3. The van der Waals surface area contributed by atoms with E-state index >= 15 is 0 Å². The van der Waals surface area contributed by atoms with E-state index in [1.807, 2.05) is 17.9 Å². The van der Waals surface area contributed by atoms with E-state index in [1.165, 1.54) is 55.9 Å². The molecule has 1 saturated heterocycles. The summed E-state index contributed by atoms with van der Waals surface area (Å²) in [6.07, 6.45) is 13.1. The molecule has 5 nitrogen and oxygen atoms in total. The molecule has 33 heavy (non-hydrogen) atoms. The summed E-state index contributed by atoms with van der Waals surface area (Å²) in [6, 6.07) is 2.92. The van der Waals surface area contributed by atoms with Gasteiger partial charge in [0.05, 0.1) is 7.11 Å². The molecule has 0 radical (unpaired) electrons. The third kappa shape index (κ3) is 4.32. The van der Waals surface area contributed by atoms with Gasteiger partial charge in [0.25, 0.3) is 0 Å². The molecule has 1 saturated carbocycles. The second-order valence-electron chi connectivity index (χ2n) is 10.2. The molecule has 2 aromatic rings. The minimum absolute atomic E-state index is 0.116. The number of amides is 1. The number of benzene rings is 1. The molecule has 1 aliphatic heterocycles. The van der Waals surface area contributed by atoms with Crippen LogP contribution in [0.3, 0.4) is 0 Å². The topological polar surface area (TPSA) is 45.9 Å². The minimum Gasteiger partial charge on any atom is -0.496 e. The third-order valence-electron chi connectivity index (χ3n) is 8.11. The van der Waals surface area contributed by atoms with Gasteiger partial charge in [0, 0.05) is 66.8 Å². The van der Waals surface area contributed by atoms with Gasteiger partial charge >= 0.3 is 0 Å². The number of piperazine rings is 1. The molecule has 1 aromatic heterocycles. The molecular formula is C28H38N2O3. The maximum atomic E-state index is 13.2. The highest BCUT2D eigenvalue weighted by Gasteiger charge is 2.27. The average molecular weight is 451 g/mol. The van der Waals surface area contributed by atoms with Gasteiger partial charge in [-0.1, -0.05) is 19.3 Å². The van der Waals surface area contributed by atoms with Crippen molar-refractivity contribution in [2.75, 3.05) is 33.3 Å². The number of allylic oxidation sites excluding steroid dienone is 1. The van der Waals surface area contributed by atoms with E-state index in [0.29, 0.717) is 0 Å². The Hall–Kier alpha value is -2.27. The largest absolute Gasteiger partial charge is 0.496 e. The van der Waals surface area contributed by atoms with E-state index in [-0.39, 0.29) is 5.91 Å². The standard InChI is InChI=1S/C28H38N2O3/c1-19(17-26(31)30-15-13-29(14-16-30)21-9-5-4-6-10-21)23-18-24-22-11-7-8-12-25(22)33-28(24)20(2)27(23)32-3/h17-18,21H,4-16H2,1-3H3/b19-17+. The van der Waals surface area contributed by atoms with E-state index in [2.05, 4.69) is 17.9 Å². The van der Waals surface area contributed by atoms with E-state index in [4.69, 9.17) is 9.15 Å². The van der Waals surface area contributed by atoms with Gasteiger partial charge in [-0.15, -0.1) is 0 Å². The highest BCUT2D eigenvalue weighted by atomic mass is 16.5. The van der Waals surface area contributed by atoms with E-state index in [1.54, 1.807) is 7.11 Å². The summed E-state index contributed by atoms with van der Waals surface area (Å²) in [5.41, 5.74) is 5.29. The number of carbonyl (C=O) groups excluding carboxylic acids is 1. The molecule has 0 unspecified atom stereocenters. The van der Waals surface area contributed by atoms with Crippen molar-refractivity contribution in [3.8, 4) is 5.75 Å². The number of carbonyl (C=O) groups is 1. The average Bonchev–Trinajstić information content (AvgIpc) is 3.23. The second kappa shape index (κ2) is 9.54. The third-order valence-corrected chi connectivity index (χ3v) is 8.11. The number of hydrogen-bond acceptors (Lipinski definition) is 4. The van der Waals surface area contributed by atoms with Crippen molar-refractivity contribution in [1.29, 1.82) is 0 Å². The molecular weight excluding hydrogens is 412 g/mol. The molecule has 2 aliphatic carbocycles. The molecule has 2 fully saturated rings. The summed E-state index contributed by atoms with van der Waals surface area (Å²) in [5, 5.41) is 1.19. The molecule has 0 bridgehead atoms. The number of nitrogens with zero attached hydrogens (tertiary/aromatic N) is 2. The summed E-state index contributed by atoms with van der Waals surface area (Å²) in [5.74, 6) is 2.06. The number of hydrogen-bond donors (Lipinski definition) is 0. The molecule has 178 valence electrons. The zero-order valence-electron chi connectivity index (χ0n) is 20.5. The lowest BCUT2D eigenvalue weighted by Crippen LogP contribution is -2.52. The number of furan rings is 1. The Kier molecular flexibility index (Phi) is 6.51. The molecule has 1 aromatic carbocycles. The lowest BCUT2D eigenvalue weighted by Gasteiger charge is -2.40. The Morgan fingerprint density at radius 1 is 1.06 bits per heavy atom. The van der Waals surface area contributed by atoms with Crippen LogP contribution in [0.25, 0.3) is 16.5 Å². The maximum absolute atomic E-state index is 13.2. The second-order valence-corrected chi connectivity index (χ2v) is 10.2. The minimum atomic E-state index is 0.116. The molecule has 1 amide bonds. The predicted octanol–water partition coefficient (Wildman–Crippen LogP) is 5.51. The summed E-state index contributed by atoms with van der Waals surface area (Å²) < 4.78 is 12.1. The van der Waals surface area contributed by atoms with Crippen molar-refractivity contribution in [3.63, 3.8) is 0 Å². The summed E-state index contributed by atoms with van der Waals surface area (Å²) in [4.78, 5) is 17.8. The van der Waals surface area contributed by atoms with Gasteiger partial charge in [-0.3, -0.25) is 9.69 Å². The molecule has 5 rings (SSSR count). The van der Waals surface area contributed by atoms with Gasteiger partial charge in [0.15, 0.2) is 0 Å². The fraction of sp³-hybridized carbons (Fsp3) is 0.607. The Bertz CT molecular complexity index is 1050. The fourth-order valence-corrected chi connectivity index (χ4v) is 6.20. The first-order valence-corrected chi connectivity index (χ1v) is 12.9. The van der Waals surface area contributed by atoms with Crippen LogP contribution in [-0.4, -0.2) is 55.0 Å². The first-order valence-electron chi connectivity index (χ1n) is 12.9. The molecule has 3 aliphatic rings. The highest BCUT2D eigenvalue weighted by molar-refractivity contribution is 5.98. The number of fused-ring (bicyclic) bond motifs is 3. The zero-order chi connectivity index (χ0) is 22.9. The zero-order valence-corrected chi connectivity index (χ0v) is 20.5. The lowest BCUT2D eigenvalue weighted by atomic mass is 9.93. The summed E-state index contributed by atoms with van der Waals surface area (Å²) >= 11 is 0. The van der Waals surface area contributed by atoms with Gasteiger partial charge in [-0.25, -0.2) is 0 Å². The Balaban J connectivity index is 1.36. The van der Waals surface area contributed by atoms with Gasteiger partial charge in [0.2, 0.25) is 5.91 Å². The van der Waals surface area contributed by atoms with Crippen LogP contribution >= 0.6 is 0 Å². The first kappa shape index (κ1) is 22.5. The van der Waals surface area contributed by atoms with Crippen molar-refractivity contribution >= 4 is 22.4 Å².